The summed E-state index contributed by atoms with van der Waals surface area (Å²) in [5, 5.41) is 8.92. The molecule has 1 aliphatic rings. The lowest BCUT2D eigenvalue weighted by molar-refractivity contribution is 0.221. The fourth-order valence-corrected chi connectivity index (χ4v) is 2.54. The Hall–Kier alpha value is -1.73. The molecule has 19 heavy (non-hydrogen) atoms. The summed E-state index contributed by atoms with van der Waals surface area (Å²) in [5.74, 6) is 0.908. The Morgan fingerprint density at radius 2 is 2.21 bits per heavy atom. The first kappa shape index (κ1) is 13.7. The monoisotopic (exact) mass is 259 g/mol. The van der Waals surface area contributed by atoms with Gasteiger partial charge in [0.15, 0.2) is 0 Å². The molecule has 1 aromatic rings. The van der Waals surface area contributed by atoms with E-state index < -0.39 is 0 Å². The smallest absolute Gasteiger partial charge is 0.142 e. The number of aryl methyl sites for hydroxylation is 1. The first-order valence-corrected chi connectivity index (χ1v) is 6.62. The predicted molar refractivity (Wildman–Crippen MR) is 76.6 cm³/mol. The number of benzene rings is 1. The van der Waals surface area contributed by atoms with Crippen LogP contribution in [0.2, 0.25) is 0 Å². The van der Waals surface area contributed by atoms with Crippen LogP contribution in [0.3, 0.4) is 0 Å². The third-order valence-corrected chi connectivity index (χ3v) is 3.78. The molecule has 0 N–H and O–H groups in total. The maximum absolute atomic E-state index is 8.92. The maximum Gasteiger partial charge on any atom is 0.142 e. The summed E-state index contributed by atoms with van der Waals surface area (Å²) in [6, 6.07) is 8.81. The zero-order valence-electron chi connectivity index (χ0n) is 11.9. The number of rotatable bonds is 3. The summed E-state index contributed by atoms with van der Waals surface area (Å²) in [6.45, 7) is 4.91. The molecule has 0 aromatic heterocycles. The maximum atomic E-state index is 8.92. The normalized spacial score (nSPS) is 20.1. The van der Waals surface area contributed by atoms with Crippen LogP contribution in [0.1, 0.15) is 12.0 Å². The molecular weight excluding hydrogens is 238 g/mol. The molecule has 2 rings (SSSR count). The summed E-state index contributed by atoms with van der Waals surface area (Å²) in [7, 11) is 3.80. The summed E-state index contributed by atoms with van der Waals surface area (Å²) in [5.41, 5.74) is 2.37. The molecule has 0 radical (unpaired) electrons. The molecule has 1 saturated heterocycles. The molecule has 0 bridgehead atoms. The van der Waals surface area contributed by atoms with E-state index in [0.717, 1.165) is 31.1 Å². The Morgan fingerprint density at radius 3 is 2.89 bits per heavy atom. The molecule has 0 saturated carbocycles. The van der Waals surface area contributed by atoms with Crippen molar-refractivity contribution >= 4 is 5.69 Å². The van der Waals surface area contributed by atoms with Crippen molar-refractivity contribution in [1.82, 2.24) is 4.90 Å². The van der Waals surface area contributed by atoms with Crippen LogP contribution in [0.5, 0.6) is 5.75 Å². The highest BCUT2D eigenvalue weighted by atomic mass is 16.5. The first-order chi connectivity index (χ1) is 9.15. The van der Waals surface area contributed by atoms with Crippen molar-refractivity contribution in [3.8, 4) is 11.8 Å². The minimum Gasteiger partial charge on any atom is -0.495 e. The zero-order valence-corrected chi connectivity index (χ0v) is 11.9. The molecule has 1 heterocycles. The number of anilines is 1. The number of hydrogen-bond donors (Lipinski definition) is 0. The van der Waals surface area contributed by atoms with Crippen LogP contribution in [0.4, 0.5) is 5.69 Å². The van der Waals surface area contributed by atoms with Gasteiger partial charge >= 0.3 is 0 Å². The molecule has 1 unspecified atom stereocenters. The minimum atomic E-state index is 0.295. The molecule has 1 atom stereocenters. The van der Waals surface area contributed by atoms with Crippen molar-refractivity contribution in [2.24, 2.45) is 0 Å². The van der Waals surface area contributed by atoms with Gasteiger partial charge in [0.1, 0.15) is 5.75 Å². The molecule has 0 aliphatic carbocycles. The summed E-state index contributed by atoms with van der Waals surface area (Å²) < 4.78 is 5.46. The van der Waals surface area contributed by atoms with E-state index in [9.17, 15) is 0 Å². The van der Waals surface area contributed by atoms with Gasteiger partial charge in [-0.1, -0.05) is 6.07 Å². The van der Waals surface area contributed by atoms with E-state index in [4.69, 9.17) is 10.00 Å². The number of methoxy groups -OCH3 is 1. The summed E-state index contributed by atoms with van der Waals surface area (Å²) >= 11 is 0. The molecule has 102 valence electrons. The van der Waals surface area contributed by atoms with Crippen molar-refractivity contribution in [1.29, 1.82) is 5.26 Å². The van der Waals surface area contributed by atoms with Gasteiger partial charge in [0.25, 0.3) is 0 Å². The lowest BCUT2D eigenvalue weighted by Crippen LogP contribution is -2.51. The van der Waals surface area contributed by atoms with Crippen molar-refractivity contribution in [3.63, 3.8) is 0 Å². The molecule has 1 aromatic carbocycles. The first-order valence-electron chi connectivity index (χ1n) is 6.62. The Balaban J connectivity index is 2.22. The highest BCUT2D eigenvalue weighted by molar-refractivity contribution is 5.60. The number of piperazine rings is 1. The second-order valence-corrected chi connectivity index (χ2v) is 5.12. The van der Waals surface area contributed by atoms with Crippen LogP contribution in [0, 0.1) is 18.3 Å². The third kappa shape index (κ3) is 2.99. The van der Waals surface area contributed by atoms with Crippen molar-refractivity contribution < 1.29 is 4.74 Å². The fraction of sp³-hybridized carbons (Fsp3) is 0.533. The SMILES string of the molecule is COc1ccc(C)cc1N1CCN(C)C(CC#N)C1. The number of ether oxygens (including phenoxy) is 1. The highest BCUT2D eigenvalue weighted by Gasteiger charge is 2.25. The predicted octanol–water partition coefficient (Wildman–Crippen LogP) is 2.04. The van der Waals surface area contributed by atoms with E-state index in [-0.39, 0.29) is 0 Å². The van der Waals surface area contributed by atoms with E-state index in [0.29, 0.717) is 12.5 Å². The molecule has 1 aliphatic heterocycles. The Morgan fingerprint density at radius 1 is 1.42 bits per heavy atom. The molecule has 4 heteroatoms. The number of nitrogens with zero attached hydrogens (tertiary/aromatic N) is 3. The van der Waals surface area contributed by atoms with E-state index in [1.54, 1.807) is 7.11 Å². The van der Waals surface area contributed by atoms with Crippen molar-refractivity contribution in [2.75, 3.05) is 38.7 Å². The molecule has 4 nitrogen and oxygen atoms in total. The van der Waals surface area contributed by atoms with E-state index in [1.165, 1.54) is 5.56 Å². The Bertz CT molecular complexity index is 481. The largest absolute Gasteiger partial charge is 0.495 e. The third-order valence-electron chi connectivity index (χ3n) is 3.78. The van der Waals surface area contributed by atoms with E-state index in [1.807, 2.05) is 6.07 Å². The van der Waals surface area contributed by atoms with Crippen LogP contribution < -0.4 is 9.64 Å². The van der Waals surface area contributed by atoms with Gasteiger partial charge < -0.3 is 9.64 Å². The average molecular weight is 259 g/mol. The van der Waals surface area contributed by atoms with E-state index >= 15 is 0 Å². The quantitative estimate of drug-likeness (QED) is 0.832. The fourth-order valence-electron chi connectivity index (χ4n) is 2.54. The van der Waals surface area contributed by atoms with Gasteiger partial charge in [-0.05, 0) is 31.7 Å². The Labute approximate surface area is 115 Å². The van der Waals surface area contributed by atoms with Gasteiger partial charge in [-0.3, -0.25) is 4.90 Å². The van der Waals surface area contributed by atoms with Gasteiger partial charge in [0.05, 0.1) is 25.3 Å². The topological polar surface area (TPSA) is 39.5 Å². The number of nitriles is 1. The van der Waals surface area contributed by atoms with Gasteiger partial charge in [-0.2, -0.15) is 5.26 Å². The van der Waals surface area contributed by atoms with Crippen LogP contribution in [-0.4, -0.2) is 44.7 Å². The highest BCUT2D eigenvalue weighted by Crippen LogP contribution is 2.31. The Kier molecular flexibility index (Phi) is 4.28. The zero-order chi connectivity index (χ0) is 13.8. The van der Waals surface area contributed by atoms with Gasteiger partial charge in [-0.25, -0.2) is 0 Å². The van der Waals surface area contributed by atoms with Crippen LogP contribution in [0.25, 0.3) is 0 Å². The van der Waals surface area contributed by atoms with Crippen LogP contribution >= 0.6 is 0 Å². The van der Waals surface area contributed by atoms with Crippen molar-refractivity contribution in [2.45, 2.75) is 19.4 Å². The number of likely N-dealkylation sites (N-methyl/N-ethyl adjacent to an activating group) is 1. The second-order valence-electron chi connectivity index (χ2n) is 5.12. The molecule has 0 spiro atoms. The lowest BCUT2D eigenvalue weighted by Gasteiger charge is -2.40. The molecule has 0 amide bonds. The number of hydrogen-bond acceptors (Lipinski definition) is 4. The molecular formula is C15H21N3O. The van der Waals surface area contributed by atoms with Gasteiger partial charge in [0, 0.05) is 25.7 Å². The van der Waals surface area contributed by atoms with E-state index in [2.05, 4.69) is 42.0 Å². The van der Waals surface area contributed by atoms with Gasteiger partial charge in [-0.15, -0.1) is 0 Å². The second kappa shape index (κ2) is 5.94. The average Bonchev–Trinajstić information content (AvgIpc) is 2.41. The van der Waals surface area contributed by atoms with Gasteiger partial charge in [0.2, 0.25) is 0 Å². The minimum absolute atomic E-state index is 0.295. The summed E-state index contributed by atoms with van der Waals surface area (Å²) in [4.78, 5) is 4.59. The summed E-state index contributed by atoms with van der Waals surface area (Å²) in [6.07, 6.45) is 0.571. The van der Waals surface area contributed by atoms with Crippen molar-refractivity contribution in [3.05, 3.63) is 23.8 Å². The standard InChI is InChI=1S/C15H21N3O/c1-12-4-5-15(19-3)14(10-12)18-9-8-17(2)13(11-18)6-7-16/h4-5,10,13H,6,8-9,11H2,1-3H3. The molecule has 1 fully saturated rings. The van der Waals surface area contributed by atoms with Crippen LogP contribution in [0.15, 0.2) is 18.2 Å². The van der Waals surface area contributed by atoms with Crippen LogP contribution in [-0.2, 0) is 0 Å². The lowest BCUT2D eigenvalue weighted by atomic mass is 10.1.